The maximum Gasteiger partial charge on any atom is 0.332 e. The number of pyridine rings is 2. The molecule has 0 atom stereocenters. The predicted octanol–water partition coefficient (Wildman–Crippen LogP) is 2.60. The summed E-state index contributed by atoms with van der Waals surface area (Å²) < 4.78 is 21.1. The summed E-state index contributed by atoms with van der Waals surface area (Å²) >= 11 is 0. The molecule has 0 saturated carbocycles. The van der Waals surface area contributed by atoms with Crippen LogP contribution in [-0.2, 0) is 17.8 Å². The largest absolute Gasteiger partial charge is 0.383 e. The van der Waals surface area contributed by atoms with Crippen LogP contribution in [0.25, 0.3) is 22.6 Å². The summed E-state index contributed by atoms with van der Waals surface area (Å²) in [5, 5.41) is 0. The molecular formula is C25H28FN7O4. The van der Waals surface area contributed by atoms with Gasteiger partial charge in [0.05, 0.1) is 18.7 Å². The maximum absolute atomic E-state index is 13.2. The second kappa shape index (κ2) is 11.2. The molecule has 4 aromatic heterocycles. The molecular weight excluding hydrogens is 481 g/mol. The number of hydrogen-bond donors (Lipinski definition) is 1. The number of aromatic nitrogens is 6. The van der Waals surface area contributed by atoms with Crippen LogP contribution in [0.1, 0.15) is 37.0 Å². The molecule has 194 valence electrons. The van der Waals surface area contributed by atoms with Crippen molar-refractivity contribution in [2.45, 2.75) is 39.8 Å². The third kappa shape index (κ3) is 5.19. The number of hydrogen-bond acceptors (Lipinski definition) is 7. The van der Waals surface area contributed by atoms with Gasteiger partial charge in [-0.15, -0.1) is 0 Å². The minimum atomic E-state index is -0.681. The minimum absolute atomic E-state index is 0.206. The number of amides is 1. The number of aromatic amines is 1. The van der Waals surface area contributed by atoms with E-state index in [0.29, 0.717) is 48.8 Å². The summed E-state index contributed by atoms with van der Waals surface area (Å²) in [4.78, 5) is 56.0. The Morgan fingerprint density at radius 2 is 1.81 bits per heavy atom. The fourth-order valence-corrected chi connectivity index (χ4v) is 4.00. The van der Waals surface area contributed by atoms with Crippen LogP contribution in [-0.4, -0.2) is 55.2 Å². The molecule has 0 spiro atoms. The zero-order chi connectivity index (χ0) is 26.5. The number of nitrogens with zero attached hydrogens (tertiary/aromatic N) is 6. The van der Waals surface area contributed by atoms with E-state index in [0.717, 1.165) is 6.07 Å². The molecule has 12 heteroatoms. The van der Waals surface area contributed by atoms with Crippen LogP contribution in [0.5, 0.6) is 0 Å². The van der Waals surface area contributed by atoms with Gasteiger partial charge in [-0.2, -0.15) is 4.39 Å². The average molecular weight is 510 g/mol. The number of fused-ring (bicyclic) bond motifs is 1. The van der Waals surface area contributed by atoms with Gasteiger partial charge in [-0.25, -0.2) is 19.7 Å². The Morgan fingerprint density at radius 3 is 2.43 bits per heavy atom. The van der Waals surface area contributed by atoms with Crippen LogP contribution < -0.4 is 16.1 Å². The van der Waals surface area contributed by atoms with E-state index in [4.69, 9.17) is 4.74 Å². The van der Waals surface area contributed by atoms with Crippen LogP contribution in [0.2, 0.25) is 0 Å². The summed E-state index contributed by atoms with van der Waals surface area (Å²) in [5.41, 5.74) is 0.528. The van der Waals surface area contributed by atoms with Crippen LogP contribution in [0.4, 0.5) is 10.2 Å². The second-order valence-corrected chi connectivity index (χ2v) is 8.40. The fraction of sp³-hybridized carbons (Fsp3) is 0.360. The zero-order valence-electron chi connectivity index (χ0n) is 20.9. The molecule has 0 aromatic carbocycles. The van der Waals surface area contributed by atoms with Gasteiger partial charge in [0.25, 0.3) is 11.5 Å². The van der Waals surface area contributed by atoms with Crippen molar-refractivity contribution in [3.63, 3.8) is 0 Å². The Kier molecular flexibility index (Phi) is 7.87. The lowest BCUT2D eigenvalue weighted by Gasteiger charge is -2.21. The Hall–Kier alpha value is -4.19. The Balaban J connectivity index is 1.72. The van der Waals surface area contributed by atoms with Gasteiger partial charge in [0.2, 0.25) is 5.95 Å². The van der Waals surface area contributed by atoms with Gasteiger partial charge in [-0.3, -0.25) is 23.6 Å². The summed E-state index contributed by atoms with van der Waals surface area (Å²) in [7, 11) is 1.52. The van der Waals surface area contributed by atoms with E-state index < -0.39 is 17.4 Å². The van der Waals surface area contributed by atoms with E-state index in [1.54, 1.807) is 12.1 Å². The van der Waals surface area contributed by atoms with Gasteiger partial charge in [-0.1, -0.05) is 13.8 Å². The molecule has 0 bridgehead atoms. The second-order valence-electron chi connectivity index (χ2n) is 8.40. The number of carbonyl (C=O) groups excluding carboxylic acids is 1. The Bertz CT molecular complexity index is 1510. The third-order valence-electron chi connectivity index (χ3n) is 5.79. The zero-order valence-corrected chi connectivity index (χ0v) is 20.9. The standard InChI is InChI=1S/C25H28FN7O4/c1-4-10-32-22-20(24(35)33(11-5-2)25(32)36)29-21(30-22)16-7-9-19(28-14-16)31(12-13-37-3)23(34)17-6-8-18(26)27-15-17/h6-9,14-15H,4-5,10-13H2,1-3H3,(H,29,30). The number of imidazole rings is 1. The highest BCUT2D eigenvalue weighted by atomic mass is 19.1. The lowest BCUT2D eigenvalue weighted by Crippen LogP contribution is -2.40. The van der Waals surface area contributed by atoms with E-state index >= 15 is 0 Å². The predicted molar refractivity (Wildman–Crippen MR) is 136 cm³/mol. The van der Waals surface area contributed by atoms with Gasteiger partial charge < -0.3 is 9.72 Å². The Labute approximate surface area is 211 Å². The van der Waals surface area contributed by atoms with Crippen molar-refractivity contribution in [3.8, 4) is 11.4 Å². The lowest BCUT2D eigenvalue weighted by molar-refractivity contribution is 0.0974. The summed E-state index contributed by atoms with van der Waals surface area (Å²) in [6.45, 7) is 5.06. The number of H-pyrrole nitrogens is 1. The first-order valence-electron chi connectivity index (χ1n) is 12.0. The van der Waals surface area contributed by atoms with Gasteiger partial charge in [0.15, 0.2) is 5.65 Å². The number of aryl methyl sites for hydroxylation is 1. The van der Waals surface area contributed by atoms with Gasteiger partial charge in [0, 0.05) is 38.2 Å². The number of anilines is 1. The maximum atomic E-state index is 13.2. The van der Waals surface area contributed by atoms with E-state index in [2.05, 4.69) is 19.9 Å². The molecule has 4 heterocycles. The molecule has 0 saturated heterocycles. The first-order chi connectivity index (χ1) is 17.9. The van der Waals surface area contributed by atoms with Crippen LogP contribution >= 0.6 is 0 Å². The molecule has 0 aliphatic heterocycles. The molecule has 4 aromatic rings. The number of ether oxygens (including phenoxy) is 1. The topological polar surface area (TPSA) is 128 Å². The molecule has 0 radical (unpaired) electrons. The van der Waals surface area contributed by atoms with Crippen LogP contribution in [0.15, 0.2) is 46.2 Å². The van der Waals surface area contributed by atoms with Gasteiger partial charge in [0.1, 0.15) is 17.2 Å². The average Bonchev–Trinajstić information content (AvgIpc) is 3.35. The smallest absolute Gasteiger partial charge is 0.332 e. The summed E-state index contributed by atoms with van der Waals surface area (Å²) in [6.07, 6.45) is 4.04. The number of carbonyl (C=O) groups is 1. The first kappa shape index (κ1) is 25.9. The van der Waals surface area contributed by atoms with Crippen LogP contribution in [0.3, 0.4) is 0 Å². The van der Waals surface area contributed by atoms with Crippen molar-refractivity contribution in [1.82, 2.24) is 29.1 Å². The van der Waals surface area contributed by atoms with Crippen LogP contribution in [0, 0.1) is 5.95 Å². The molecule has 1 amide bonds. The SMILES string of the molecule is CCCn1c(=O)c2[nH]c(-c3ccc(N(CCOC)C(=O)c4ccc(F)nc4)nc3)nc2n(CCC)c1=O. The van der Waals surface area contributed by atoms with E-state index in [-0.39, 0.29) is 29.9 Å². The number of methoxy groups -OCH3 is 1. The Morgan fingerprint density at radius 1 is 1.05 bits per heavy atom. The lowest BCUT2D eigenvalue weighted by atomic mass is 10.2. The first-order valence-corrected chi connectivity index (χ1v) is 12.0. The van der Waals surface area contributed by atoms with E-state index in [1.165, 1.54) is 39.6 Å². The monoisotopic (exact) mass is 509 g/mol. The molecule has 37 heavy (non-hydrogen) atoms. The molecule has 11 nitrogen and oxygen atoms in total. The summed E-state index contributed by atoms with van der Waals surface area (Å²) in [6, 6.07) is 5.82. The fourth-order valence-electron chi connectivity index (χ4n) is 4.00. The van der Waals surface area contributed by atoms with Crippen molar-refractivity contribution < 1.29 is 13.9 Å². The van der Waals surface area contributed by atoms with Crippen molar-refractivity contribution in [2.75, 3.05) is 25.2 Å². The van der Waals surface area contributed by atoms with E-state index in [9.17, 15) is 18.8 Å². The van der Waals surface area contributed by atoms with Crippen molar-refractivity contribution in [2.24, 2.45) is 0 Å². The molecule has 0 aliphatic carbocycles. The quantitative estimate of drug-likeness (QED) is 0.326. The highest BCUT2D eigenvalue weighted by Gasteiger charge is 2.21. The third-order valence-corrected chi connectivity index (χ3v) is 5.79. The number of halogens is 1. The van der Waals surface area contributed by atoms with Crippen molar-refractivity contribution >= 4 is 22.9 Å². The number of nitrogens with one attached hydrogen (secondary N) is 1. The highest BCUT2D eigenvalue weighted by molar-refractivity contribution is 6.05. The normalized spacial score (nSPS) is 11.2. The summed E-state index contributed by atoms with van der Waals surface area (Å²) in [5.74, 6) is -0.366. The van der Waals surface area contributed by atoms with Crippen molar-refractivity contribution in [1.29, 1.82) is 0 Å². The van der Waals surface area contributed by atoms with Crippen molar-refractivity contribution in [3.05, 3.63) is 69.0 Å². The molecule has 4 rings (SSSR count). The molecule has 1 N–H and O–H groups in total. The minimum Gasteiger partial charge on any atom is -0.383 e. The molecule has 0 unspecified atom stereocenters. The van der Waals surface area contributed by atoms with E-state index in [1.807, 2.05) is 13.8 Å². The highest BCUT2D eigenvalue weighted by Crippen LogP contribution is 2.22. The number of rotatable bonds is 10. The molecule has 0 aliphatic rings. The van der Waals surface area contributed by atoms with Gasteiger partial charge in [-0.05, 0) is 37.1 Å². The van der Waals surface area contributed by atoms with Gasteiger partial charge >= 0.3 is 5.69 Å². The molecule has 0 fully saturated rings.